The number of imide groups is 1. The fraction of sp³-hybridized carbons (Fsp3) is 0.0833. The molecule has 3 aromatic carbocycles. The maximum Gasteiger partial charge on any atom is 0.293 e. The van der Waals surface area contributed by atoms with Crippen LogP contribution < -0.4 is 4.74 Å². The number of benzene rings is 3. The topological polar surface area (TPSA) is 46.6 Å². The van der Waals surface area contributed by atoms with E-state index in [0.717, 1.165) is 27.4 Å². The van der Waals surface area contributed by atoms with Gasteiger partial charge in [0.1, 0.15) is 12.4 Å². The van der Waals surface area contributed by atoms with Crippen molar-refractivity contribution < 1.29 is 14.3 Å². The van der Waals surface area contributed by atoms with Crippen LogP contribution in [0.3, 0.4) is 0 Å². The molecule has 8 heteroatoms. The first-order chi connectivity index (χ1) is 15.4. The maximum absolute atomic E-state index is 12.9. The lowest BCUT2D eigenvalue weighted by Crippen LogP contribution is -2.27. The minimum absolute atomic E-state index is 0.188. The Bertz CT molecular complexity index is 1210. The number of hydrogen-bond acceptors (Lipinski definition) is 4. The third-order valence-corrected chi connectivity index (χ3v) is 6.75. The summed E-state index contributed by atoms with van der Waals surface area (Å²) in [5, 5.41) is 0.904. The van der Waals surface area contributed by atoms with Crippen LogP contribution in [-0.4, -0.2) is 16.0 Å². The highest BCUT2D eigenvalue weighted by Crippen LogP contribution is 2.36. The van der Waals surface area contributed by atoms with E-state index in [0.29, 0.717) is 26.3 Å². The van der Waals surface area contributed by atoms with Gasteiger partial charge in [0.25, 0.3) is 11.1 Å². The van der Waals surface area contributed by atoms with Crippen LogP contribution in [0.1, 0.15) is 16.7 Å². The van der Waals surface area contributed by atoms with Crippen LogP contribution in [0.25, 0.3) is 6.08 Å². The smallest absolute Gasteiger partial charge is 0.293 e. The second-order valence-corrected chi connectivity index (χ2v) is 9.71. The monoisotopic (exact) mass is 547 g/mol. The predicted octanol–water partition coefficient (Wildman–Crippen LogP) is 7.57. The molecule has 2 amide bonds. The van der Waals surface area contributed by atoms with E-state index in [-0.39, 0.29) is 24.3 Å². The van der Waals surface area contributed by atoms with Gasteiger partial charge in [0, 0.05) is 25.6 Å². The number of carbonyl (C=O) groups excluding carboxylic acids is 2. The summed E-state index contributed by atoms with van der Waals surface area (Å²) in [4.78, 5) is 27.0. The van der Waals surface area contributed by atoms with Crippen LogP contribution in [0.5, 0.6) is 5.75 Å². The third-order valence-electron chi connectivity index (χ3n) is 4.73. The van der Waals surface area contributed by atoms with Crippen molar-refractivity contribution in [1.29, 1.82) is 0 Å². The Hall–Kier alpha value is -2.25. The predicted molar refractivity (Wildman–Crippen MR) is 133 cm³/mol. The van der Waals surface area contributed by atoms with Gasteiger partial charge in [-0.3, -0.25) is 14.5 Å². The van der Waals surface area contributed by atoms with Gasteiger partial charge in [0.05, 0.1) is 11.4 Å². The second-order valence-electron chi connectivity index (χ2n) is 6.96. The number of nitrogens with zero attached hydrogens (tertiary/aromatic N) is 1. The molecule has 0 aromatic heterocycles. The number of amides is 2. The third kappa shape index (κ3) is 5.38. The van der Waals surface area contributed by atoms with Gasteiger partial charge in [-0.1, -0.05) is 69.5 Å². The molecule has 4 rings (SSSR count). The summed E-state index contributed by atoms with van der Waals surface area (Å²) >= 11 is 16.5. The van der Waals surface area contributed by atoms with Crippen molar-refractivity contribution in [1.82, 2.24) is 4.90 Å². The molecule has 0 aliphatic carbocycles. The molecule has 1 heterocycles. The van der Waals surface area contributed by atoms with Crippen molar-refractivity contribution in [2.75, 3.05) is 0 Å². The van der Waals surface area contributed by atoms with Crippen LogP contribution in [-0.2, 0) is 17.9 Å². The van der Waals surface area contributed by atoms with Gasteiger partial charge in [-0.15, -0.1) is 0 Å². The molecule has 0 bridgehead atoms. The summed E-state index contributed by atoms with van der Waals surface area (Å²) in [6, 6.07) is 20.0. The Labute approximate surface area is 208 Å². The van der Waals surface area contributed by atoms with Gasteiger partial charge in [-0.05, 0) is 59.8 Å². The van der Waals surface area contributed by atoms with Crippen molar-refractivity contribution in [3.63, 3.8) is 0 Å². The molecule has 3 aromatic rings. The summed E-state index contributed by atoms with van der Waals surface area (Å²) in [6.45, 7) is 0.466. The largest absolute Gasteiger partial charge is 0.488 e. The standard InChI is InChI=1S/C24H16BrCl2NO3S/c25-18-7-10-21(31-14-16-3-1-2-4-20(16)27)17(11-18)12-22-23(29)28(24(30)32-22)13-15-5-8-19(26)9-6-15/h1-12H,13-14H2/b22-12-. The summed E-state index contributed by atoms with van der Waals surface area (Å²) in [5.74, 6) is 0.240. The number of hydrogen-bond donors (Lipinski definition) is 0. The lowest BCUT2D eigenvalue weighted by molar-refractivity contribution is -0.123. The number of halogens is 3. The zero-order chi connectivity index (χ0) is 22.7. The summed E-state index contributed by atoms with van der Waals surface area (Å²) in [6.07, 6.45) is 1.68. The zero-order valence-corrected chi connectivity index (χ0v) is 20.5. The van der Waals surface area contributed by atoms with E-state index >= 15 is 0 Å². The molecule has 0 N–H and O–H groups in total. The number of ether oxygens (including phenoxy) is 1. The van der Waals surface area contributed by atoms with Crippen molar-refractivity contribution in [2.24, 2.45) is 0 Å². The fourth-order valence-electron chi connectivity index (χ4n) is 3.08. The van der Waals surface area contributed by atoms with E-state index in [1.807, 2.05) is 36.4 Å². The molecule has 32 heavy (non-hydrogen) atoms. The minimum atomic E-state index is -0.341. The quantitative estimate of drug-likeness (QED) is 0.298. The Kier molecular flexibility index (Phi) is 7.26. The van der Waals surface area contributed by atoms with Crippen molar-refractivity contribution >= 4 is 68.1 Å². The molecule has 0 spiro atoms. The molecule has 1 saturated heterocycles. The molecule has 162 valence electrons. The minimum Gasteiger partial charge on any atom is -0.488 e. The van der Waals surface area contributed by atoms with Gasteiger partial charge in [0.15, 0.2) is 0 Å². The summed E-state index contributed by atoms with van der Waals surface area (Å²) in [5.41, 5.74) is 2.36. The highest BCUT2D eigenvalue weighted by Gasteiger charge is 2.35. The molecule has 0 saturated carbocycles. The molecular formula is C24H16BrCl2NO3S. The SMILES string of the molecule is O=C1S/C(=C\c2cc(Br)ccc2OCc2ccccc2Cl)C(=O)N1Cc1ccc(Cl)cc1. The van der Waals surface area contributed by atoms with Gasteiger partial charge in [0.2, 0.25) is 0 Å². The zero-order valence-electron chi connectivity index (χ0n) is 16.6. The van der Waals surface area contributed by atoms with Crippen LogP contribution in [0.2, 0.25) is 10.0 Å². The van der Waals surface area contributed by atoms with E-state index in [1.54, 1.807) is 36.4 Å². The van der Waals surface area contributed by atoms with E-state index in [1.165, 1.54) is 4.90 Å². The van der Waals surface area contributed by atoms with E-state index in [9.17, 15) is 9.59 Å². The fourth-order valence-corrected chi connectivity index (χ4v) is 4.61. The molecule has 0 unspecified atom stereocenters. The van der Waals surface area contributed by atoms with Gasteiger partial charge >= 0.3 is 0 Å². The number of carbonyl (C=O) groups is 2. The summed E-state index contributed by atoms with van der Waals surface area (Å²) in [7, 11) is 0. The maximum atomic E-state index is 12.9. The van der Waals surface area contributed by atoms with Crippen LogP contribution in [0, 0.1) is 0 Å². The molecule has 0 atom stereocenters. The summed E-state index contributed by atoms with van der Waals surface area (Å²) < 4.78 is 6.81. The van der Waals surface area contributed by atoms with Gasteiger partial charge in [-0.25, -0.2) is 0 Å². The average Bonchev–Trinajstić information content (AvgIpc) is 3.03. The van der Waals surface area contributed by atoms with E-state index < -0.39 is 0 Å². The molecular weight excluding hydrogens is 533 g/mol. The van der Waals surface area contributed by atoms with Crippen molar-refractivity contribution in [3.05, 3.63) is 103 Å². The second kappa shape index (κ2) is 10.1. The van der Waals surface area contributed by atoms with Crippen molar-refractivity contribution in [3.8, 4) is 5.75 Å². The van der Waals surface area contributed by atoms with E-state index in [4.69, 9.17) is 27.9 Å². The van der Waals surface area contributed by atoms with Crippen LogP contribution >= 0.6 is 50.9 Å². The Balaban J connectivity index is 1.55. The Morgan fingerprint density at radius 2 is 1.75 bits per heavy atom. The van der Waals surface area contributed by atoms with Crippen LogP contribution in [0.4, 0.5) is 4.79 Å². The molecule has 4 nitrogen and oxygen atoms in total. The average molecular weight is 549 g/mol. The van der Waals surface area contributed by atoms with Crippen LogP contribution in [0.15, 0.2) is 76.1 Å². The normalized spacial score (nSPS) is 15.0. The molecule has 1 fully saturated rings. The molecule has 1 aliphatic heterocycles. The highest BCUT2D eigenvalue weighted by atomic mass is 79.9. The van der Waals surface area contributed by atoms with Crippen molar-refractivity contribution in [2.45, 2.75) is 13.2 Å². The van der Waals surface area contributed by atoms with E-state index in [2.05, 4.69) is 15.9 Å². The Morgan fingerprint density at radius 3 is 2.50 bits per heavy atom. The highest BCUT2D eigenvalue weighted by molar-refractivity contribution is 9.10. The first-order valence-corrected chi connectivity index (χ1v) is 11.9. The molecule has 0 radical (unpaired) electrons. The number of rotatable bonds is 6. The van der Waals surface area contributed by atoms with Gasteiger partial charge < -0.3 is 4.74 Å². The first-order valence-electron chi connectivity index (χ1n) is 9.56. The van der Waals surface area contributed by atoms with Gasteiger partial charge in [-0.2, -0.15) is 0 Å². The molecule has 1 aliphatic rings. The number of thioether (sulfide) groups is 1. The first kappa shape index (κ1) is 22.9. The Morgan fingerprint density at radius 1 is 1.00 bits per heavy atom. The lowest BCUT2D eigenvalue weighted by Gasteiger charge is -2.13. The lowest BCUT2D eigenvalue weighted by atomic mass is 10.1.